The molecule has 7 heteroatoms. The second-order valence-corrected chi connectivity index (χ2v) is 7.96. The number of aliphatic imine (C=N–C) groups is 1. The Labute approximate surface area is 186 Å². The minimum Gasteiger partial charge on any atom is -0.474 e. The lowest BCUT2D eigenvalue weighted by molar-refractivity contribution is 0.130. The standard InChI is InChI=1S/C21H34N4O2.HI/c1-16-4-6-19(7-5-16)27-20-12-17(8-10-23-20)13-24-21(22-2)25-11-9-18(14-25)15-26-3;/h8,10,12,16,18-19H,4-7,9,11,13-15H2,1-3H3,(H,22,24);1H. The van der Waals surface area contributed by atoms with E-state index in [9.17, 15) is 0 Å². The summed E-state index contributed by atoms with van der Waals surface area (Å²) < 4.78 is 11.4. The summed E-state index contributed by atoms with van der Waals surface area (Å²) in [5, 5.41) is 3.48. The van der Waals surface area contributed by atoms with Crippen molar-refractivity contribution >= 4 is 29.9 Å². The number of nitrogens with one attached hydrogen (secondary N) is 1. The molecule has 1 aliphatic heterocycles. The van der Waals surface area contributed by atoms with Gasteiger partial charge in [-0.1, -0.05) is 6.92 Å². The van der Waals surface area contributed by atoms with E-state index in [2.05, 4.69) is 33.2 Å². The number of guanidine groups is 1. The molecule has 1 atom stereocenters. The molecule has 1 aromatic rings. The van der Waals surface area contributed by atoms with Crippen molar-refractivity contribution in [2.45, 2.75) is 51.7 Å². The Balaban J connectivity index is 0.00000280. The molecule has 2 fully saturated rings. The number of pyridine rings is 1. The van der Waals surface area contributed by atoms with Crippen molar-refractivity contribution in [3.63, 3.8) is 0 Å². The van der Waals surface area contributed by atoms with Crippen molar-refractivity contribution in [1.82, 2.24) is 15.2 Å². The second kappa shape index (κ2) is 11.8. The van der Waals surface area contributed by atoms with Gasteiger partial charge in [0.25, 0.3) is 0 Å². The van der Waals surface area contributed by atoms with E-state index in [4.69, 9.17) is 9.47 Å². The van der Waals surface area contributed by atoms with Crippen molar-refractivity contribution in [3.05, 3.63) is 23.9 Å². The first kappa shape index (κ1) is 23.2. The lowest BCUT2D eigenvalue weighted by atomic mass is 9.89. The zero-order valence-corrected chi connectivity index (χ0v) is 19.7. The predicted octanol–water partition coefficient (Wildman–Crippen LogP) is 3.70. The first-order chi connectivity index (χ1) is 13.2. The third-order valence-electron chi connectivity index (χ3n) is 5.70. The Morgan fingerprint density at radius 2 is 2.07 bits per heavy atom. The molecule has 0 amide bonds. The lowest BCUT2D eigenvalue weighted by Crippen LogP contribution is -2.39. The summed E-state index contributed by atoms with van der Waals surface area (Å²) in [5.74, 6) is 3.11. The average Bonchev–Trinajstić information content (AvgIpc) is 3.13. The third kappa shape index (κ3) is 6.76. The zero-order valence-electron chi connectivity index (χ0n) is 17.4. The fourth-order valence-corrected chi connectivity index (χ4v) is 4.05. The van der Waals surface area contributed by atoms with Gasteiger partial charge in [0.1, 0.15) is 6.10 Å². The number of hydrogen-bond donors (Lipinski definition) is 1. The summed E-state index contributed by atoms with van der Waals surface area (Å²) in [4.78, 5) is 11.2. The van der Waals surface area contributed by atoms with Gasteiger partial charge in [0.05, 0.1) is 6.61 Å². The fourth-order valence-electron chi connectivity index (χ4n) is 4.05. The maximum absolute atomic E-state index is 6.12. The molecule has 0 radical (unpaired) electrons. The van der Waals surface area contributed by atoms with E-state index in [1.54, 1.807) is 7.11 Å². The zero-order chi connectivity index (χ0) is 19.1. The molecule has 1 aromatic heterocycles. The number of aromatic nitrogens is 1. The molecule has 0 spiro atoms. The van der Waals surface area contributed by atoms with E-state index < -0.39 is 0 Å². The van der Waals surface area contributed by atoms with Crippen LogP contribution < -0.4 is 10.1 Å². The number of methoxy groups -OCH3 is 1. The summed E-state index contributed by atoms with van der Waals surface area (Å²) in [6.07, 6.45) is 8.08. The molecule has 1 N–H and O–H groups in total. The maximum Gasteiger partial charge on any atom is 0.213 e. The number of rotatable bonds is 6. The number of nitrogens with zero attached hydrogens (tertiary/aromatic N) is 3. The van der Waals surface area contributed by atoms with Crippen molar-refractivity contribution in [2.75, 3.05) is 33.9 Å². The van der Waals surface area contributed by atoms with Gasteiger partial charge < -0.3 is 19.7 Å². The summed E-state index contributed by atoms with van der Waals surface area (Å²) in [7, 11) is 3.61. The maximum atomic E-state index is 6.12. The van der Waals surface area contributed by atoms with E-state index in [-0.39, 0.29) is 24.0 Å². The predicted molar refractivity (Wildman–Crippen MR) is 123 cm³/mol. The minimum absolute atomic E-state index is 0. The van der Waals surface area contributed by atoms with Gasteiger partial charge in [-0.25, -0.2) is 4.98 Å². The van der Waals surface area contributed by atoms with Gasteiger partial charge in [0.15, 0.2) is 5.96 Å². The number of hydrogen-bond acceptors (Lipinski definition) is 4. The van der Waals surface area contributed by atoms with Crippen LogP contribution in [-0.2, 0) is 11.3 Å². The highest BCUT2D eigenvalue weighted by molar-refractivity contribution is 14.0. The van der Waals surface area contributed by atoms with Crippen molar-refractivity contribution < 1.29 is 9.47 Å². The molecular formula is C21H35IN4O2. The molecule has 1 saturated heterocycles. The number of likely N-dealkylation sites (tertiary alicyclic amines) is 1. The van der Waals surface area contributed by atoms with Crippen LogP contribution in [0.4, 0.5) is 0 Å². The van der Waals surface area contributed by atoms with Crippen LogP contribution in [0.15, 0.2) is 23.3 Å². The van der Waals surface area contributed by atoms with Crippen molar-refractivity contribution in [2.24, 2.45) is 16.8 Å². The van der Waals surface area contributed by atoms with Gasteiger partial charge in [0, 0.05) is 52.0 Å². The fraction of sp³-hybridized carbons (Fsp3) is 0.714. The molecule has 2 aliphatic rings. The van der Waals surface area contributed by atoms with Crippen LogP contribution >= 0.6 is 24.0 Å². The third-order valence-corrected chi connectivity index (χ3v) is 5.70. The second-order valence-electron chi connectivity index (χ2n) is 7.96. The van der Waals surface area contributed by atoms with Gasteiger partial charge >= 0.3 is 0 Å². The molecule has 158 valence electrons. The van der Waals surface area contributed by atoms with E-state index in [0.717, 1.165) is 68.8 Å². The Bertz CT molecular complexity index is 620. The summed E-state index contributed by atoms with van der Waals surface area (Å²) in [5.41, 5.74) is 1.16. The van der Waals surface area contributed by atoms with Gasteiger partial charge in [-0.15, -0.1) is 24.0 Å². The normalized spacial score (nSPS) is 25.3. The molecule has 0 aromatic carbocycles. The highest BCUT2D eigenvalue weighted by atomic mass is 127. The average molecular weight is 502 g/mol. The van der Waals surface area contributed by atoms with Gasteiger partial charge in [0.2, 0.25) is 5.88 Å². The van der Waals surface area contributed by atoms with E-state index >= 15 is 0 Å². The molecule has 1 unspecified atom stereocenters. The van der Waals surface area contributed by atoms with E-state index in [0.29, 0.717) is 12.0 Å². The van der Waals surface area contributed by atoms with Crippen LogP contribution in [0.5, 0.6) is 5.88 Å². The largest absolute Gasteiger partial charge is 0.474 e. The molecule has 1 saturated carbocycles. The van der Waals surface area contributed by atoms with Crippen LogP contribution in [-0.4, -0.2) is 55.8 Å². The minimum atomic E-state index is 0. The number of halogens is 1. The molecule has 1 aliphatic carbocycles. The highest BCUT2D eigenvalue weighted by Gasteiger charge is 2.24. The quantitative estimate of drug-likeness (QED) is 0.365. The molecule has 2 heterocycles. The monoisotopic (exact) mass is 502 g/mol. The summed E-state index contributed by atoms with van der Waals surface area (Å²) in [6.45, 7) is 5.89. The first-order valence-corrected chi connectivity index (χ1v) is 10.2. The SMILES string of the molecule is CN=C(NCc1ccnc(OC2CCC(C)CC2)c1)N1CCC(COC)C1.I. The van der Waals surface area contributed by atoms with Gasteiger partial charge in [-0.3, -0.25) is 4.99 Å². The highest BCUT2D eigenvalue weighted by Crippen LogP contribution is 2.26. The van der Waals surface area contributed by atoms with Crippen LogP contribution in [0.3, 0.4) is 0 Å². The lowest BCUT2D eigenvalue weighted by Gasteiger charge is -2.26. The summed E-state index contributed by atoms with van der Waals surface area (Å²) in [6, 6.07) is 4.09. The van der Waals surface area contributed by atoms with E-state index in [1.165, 1.54) is 12.8 Å². The van der Waals surface area contributed by atoms with E-state index in [1.807, 2.05) is 19.3 Å². The topological polar surface area (TPSA) is 59.0 Å². The number of ether oxygens (including phenoxy) is 2. The Morgan fingerprint density at radius 1 is 1.29 bits per heavy atom. The smallest absolute Gasteiger partial charge is 0.213 e. The van der Waals surface area contributed by atoms with Crippen LogP contribution in [0.25, 0.3) is 0 Å². The summed E-state index contributed by atoms with van der Waals surface area (Å²) >= 11 is 0. The van der Waals surface area contributed by atoms with Crippen LogP contribution in [0.1, 0.15) is 44.6 Å². The molecule has 6 nitrogen and oxygen atoms in total. The van der Waals surface area contributed by atoms with Crippen molar-refractivity contribution in [1.29, 1.82) is 0 Å². The molecule has 0 bridgehead atoms. The molecule has 3 rings (SSSR count). The Hall–Kier alpha value is -1.09. The van der Waals surface area contributed by atoms with Crippen molar-refractivity contribution in [3.8, 4) is 5.88 Å². The van der Waals surface area contributed by atoms with Gasteiger partial charge in [-0.05, 0) is 49.7 Å². The molecular weight excluding hydrogens is 467 g/mol. The molecule has 28 heavy (non-hydrogen) atoms. The van der Waals surface area contributed by atoms with Crippen LogP contribution in [0, 0.1) is 11.8 Å². The van der Waals surface area contributed by atoms with Gasteiger partial charge in [-0.2, -0.15) is 0 Å². The Morgan fingerprint density at radius 3 is 2.79 bits per heavy atom. The first-order valence-electron chi connectivity index (χ1n) is 10.2. The van der Waals surface area contributed by atoms with Crippen LogP contribution in [0.2, 0.25) is 0 Å². The Kier molecular flexibility index (Phi) is 9.77.